The summed E-state index contributed by atoms with van der Waals surface area (Å²) in [6.45, 7) is 0.836. The van der Waals surface area contributed by atoms with Crippen molar-refractivity contribution in [3.63, 3.8) is 0 Å². The number of ether oxygens (including phenoxy) is 2. The fourth-order valence-corrected chi connectivity index (χ4v) is 3.61. The standard InChI is InChI=1S/C23H20N4O3/c1-29-19-9-5-6-15-12-18(26-21(15)19)16-13-20-22(24-14-16)27(10-11-30-20)23(28)25-17-7-3-2-4-8-17/h2-9,12-14,26H,10-11H2,1H3,(H,25,28). The second-order valence-electron chi connectivity index (χ2n) is 6.95. The van der Waals surface area contributed by atoms with E-state index >= 15 is 0 Å². The van der Waals surface area contributed by atoms with Gasteiger partial charge in [0.2, 0.25) is 0 Å². The molecule has 2 aromatic carbocycles. The topological polar surface area (TPSA) is 79.5 Å². The SMILES string of the molecule is COc1cccc2cc(-c3cnc4c(c3)OCCN4C(=O)Nc3ccccc3)[nH]c12. The van der Waals surface area contributed by atoms with Gasteiger partial charge < -0.3 is 19.8 Å². The van der Waals surface area contributed by atoms with Gasteiger partial charge in [-0.25, -0.2) is 9.78 Å². The quantitative estimate of drug-likeness (QED) is 0.524. The van der Waals surface area contributed by atoms with Crippen LogP contribution in [-0.4, -0.2) is 36.3 Å². The molecule has 0 atom stereocenters. The predicted octanol–water partition coefficient (Wildman–Crippen LogP) is 4.67. The first-order chi connectivity index (χ1) is 14.7. The third-order valence-corrected chi connectivity index (χ3v) is 5.08. The third-order valence-electron chi connectivity index (χ3n) is 5.08. The van der Waals surface area contributed by atoms with Gasteiger partial charge in [-0.1, -0.05) is 30.3 Å². The summed E-state index contributed by atoms with van der Waals surface area (Å²) in [5.74, 6) is 1.87. The molecule has 0 saturated carbocycles. The molecule has 2 amide bonds. The molecule has 3 heterocycles. The normalized spacial score (nSPS) is 12.9. The second-order valence-corrected chi connectivity index (χ2v) is 6.95. The van der Waals surface area contributed by atoms with Crippen molar-refractivity contribution in [3.05, 3.63) is 66.9 Å². The van der Waals surface area contributed by atoms with Crippen molar-refractivity contribution in [3.8, 4) is 22.8 Å². The van der Waals surface area contributed by atoms with E-state index in [0.29, 0.717) is 24.7 Å². The first kappa shape index (κ1) is 18.1. The highest BCUT2D eigenvalue weighted by Crippen LogP contribution is 2.35. The van der Waals surface area contributed by atoms with Crippen molar-refractivity contribution in [1.29, 1.82) is 0 Å². The van der Waals surface area contributed by atoms with E-state index in [-0.39, 0.29) is 6.03 Å². The zero-order valence-electron chi connectivity index (χ0n) is 16.4. The van der Waals surface area contributed by atoms with Crippen LogP contribution in [0.15, 0.2) is 66.9 Å². The number of hydrogen-bond acceptors (Lipinski definition) is 4. The van der Waals surface area contributed by atoms with Gasteiger partial charge in [-0.05, 0) is 30.3 Å². The number of amides is 2. The Kier molecular flexibility index (Phi) is 4.48. The summed E-state index contributed by atoms with van der Waals surface area (Å²) in [5.41, 5.74) is 3.44. The molecule has 0 spiro atoms. The summed E-state index contributed by atoms with van der Waals surface area (Å²) in [5, 5.41) is 3.95. The lowest BCUT2D eigenvalue weighted by Crippen LogP contribution is -2.41. The molecule has 5 rings (SSSR count). The molecule has 30 heavy (non-hydrogen) atoms. The molecule has 7 heteroatoms. The zero-order chi connectivity index (χ0) is 20.5. The monoisotopic (exact) mass is 400 g/mol. The molecule has 4 aromatic rings. The molecular formula is C23H20N4O3. The fraction of sp³-hybridized carbons (Fsp3) is 0.130. The van der Waals surface area contributed by atoms with Crippen LogP contribution in [0, 0.1) is 0 Å². The number of aromatic nitrogens is 2. The minimum atomic E-state index is -0.235. The van der Waals surface area contributed by atoms with Gasteiger partial charge in [0.1, 0.15) is 12.4 Å². The molecule has 0 saturated heterocycles. The number of H-pyrrole nitrogens is 1. The zero-order valence-corrected chi connectivity index (χ0v) is 16.4. The number of anilines is 2. The number of aromatic amines is 1. The highest BCUT2D eigenvalue weighted by Gasteiger charge is 2.26. The van der Waals surface area contributed by atoms with E-state index in [1.165, 1.54) is 0 Å². The number of hydrogen-bond donors (Lipinski definition) is 2. The average Bonchev–Trinajstić information content (AvgIpc) is 3.23. The Morgan fingerprint density at radius 3 is 2.87 bits per heavy atom. The van der Waals surface area contributed by atoms with Crippen LogP contribution in [-0.2, 0) is 0 Å². The van der Waals surface area contributed by atoms with Crippen molar-refractivity contribution in [1.82, 2.24) is 9.97 Å². The van der Waals surface area contributed by atoms with Crippen LogP contribution in [0.3, 0.4) is 0 Å². The molecule has 2 aromatic heterocycles. The van der Waals surface area contributed by atoms with Gasteiger partial charge in [0.15, 0.2) is 11.6 Å². The summed E-state index contributed by atoms with van der Waals surface area (Å²) in [6, 6.07) is 19.0. The van der Waals surface area contributed by atoms with E-state index in [9.17, 15) is 4.79 Å². The number of benzene rings is 2. The van der Waals surface area contributed by atoms with Crippen molar-refractivity contribution in [2.45, 2.75) is 0 Å². The molecular weight excluding hydrogens is 380 g/mol. The van der Waals surface area contributed by atoms with Crippen LogP contribution in [0.1, 0.15) is 0 Å². The number of pyridine rings is 1. The molecule has 0 radical (unpaired) electrons. The van der Waals surface area contributed by atoms with E-state index in [0.717, 1.165) is 33.6 Å². The third kappa shape index (κ3) is 3.20. The molecule has 2 N–H and O–H groups in total. The summed E-state index contributed by atoms with van der Waals surface area (Å²) >= 11 is 0. The second kappa shape index (κ2) is 7.44. The van der Waals surface area contributed by atoms with Gasteiger partial charge >= 0.3 is 6.03 Å². The fourth-order valence-electron chi connectivity index (χ4n) is 3.61. The number of fused-ring (bicyclic) bond motifs is 2. The summed E-state index contributed by atoms with van der Waals surface area (Å²) < 4.78 is 11.2. The molecule has 1 aliphatic rings. The Morgan fingerprint density at radius 2 is 2.03 bits per heavy atom. The van der Waals surface area contributed by atoms with Crippen molar-refractivity contribution in [2.24, 2.45) is 0 Å². The Labute approximate surface area is 173 Å². The van der Waals surface area contributed by atoms with E-state index in [1.54, 1.807) is 18.2 Å². The van der Waals surface area contributed by atoms with E-state index in [2.05, 4.69) is 15.3 Å². The predicted molar refractivity (Wildman–Crippen MR) is 116 cm³/mol. The minimum absolute atomic E-state index is 0.235. The Bertz CT molecular complexity index is 1220. The molecule has 0 fully saturated rings. The summed E-state index contributed by atoms with van der Waals surface area (Å²) in [6.07, 6.45) is 1.74. The van der Waals surface area contributed by atoms with Gasteiger partial charge in [-0.2, -0.15) is 0 Å². The number of nitrogens with zero attached hydrogens (tertiary/aromatic N) is 2. The number of carbonyl (C=O) groups excluding carboxylic acids is 1. The van der Waals surface area contributed by atoms with Crippen molar-refractivity contribution >= 4 is 28.4 Å². The number of urea groups is 1. The van der Waals surface area contributed by atoms with Gasteiger partial charge in [0.25, 0.3) is 0 Å². The summed E-state index contributed by atoms with van der Waals surface area (Å²) in [4.78, 5) is 22.3. The Hall–Kier alpha value is -4.00. The van der Waals surface area contributed by atoms with Crippen molar-refractivity contribution < 1.29 is 14.3 Å². The van der Waals surface area contributed by atoms with Crippen molar-refractivity contribution in [2.75, 3.05) is 30.5 Å². The molecule has 0 aliphatic carbocycles. The van der Waals surface area contributed by atoms with Crippen LogP contribution in [0.4, 0.5) is 16.3 Å². The van der Waals surface area contributed by atoms with Crippen LogP contribution in [0.25, 0.3) is 22.2 Å². The number of nitrogens with one attached hydrogen (secondary N) is 2. The lowest BCUT2D eigenvalue weighted by molar-refractivity contribution is 0.249. The maximum Gasteiger partial charge on any atom is 0.327 e. The molecule has 0 unspecified atom stereocenters. The Balaban J connectivity index is 1.46. The maximum absolute atomic E-state index is 12.8. The van der Waals surface area contributed by atoms with E-state index in [1.807, 2.05) is 60.7 Å². The highest BCUT2D eigenvalue weighted by atomic mass is 16.5. The first-order valence-corrected chi connectivity index (χ1v) is 9.65. The average molecular weight is 400 g/mol. The van der Waals surface area contributed by atoms with Crippen LogP contribution in [0.2, 0.25) is 0 Å². The number of methoxy groups -OCH3 is 1. The molecule has 150 valence electrons. The van der Waals surface area contributed by atoms with Crippen LogP contribution < -0.4 is 19.7 Å². The van der Waals surface area contributed by atoms with Crippen LogP contribution in [0.5, 0.6) is 11.5 Å². The van der Waals surface area contributed by atoms with Crippen LogP contribution >= 0.6 is 0 Å². The smallest absolute Gasteiger partial charge is 0.327 e. The lowest BCUT2D eigenvalue weighted by atomic mass is 10.1. The number of carbonyl (C=O) groups is 1. The molecule has 1 aliphatic heterocycles. The highest BCUT2D eigenvalue weighted by molar-refractivity contribution is 6.02. The first-order valence-electron chi connectivity index (χ1n) is 9.65. The lowest BCUT2D eigenvalue weighted by Gasteiger charge is -2.28. The van der Waals surface area contributed by atoms with Gasteiger partial charge in [0, 0.05) is 28.5 Å². The summed E-state index contributed by atoms with van der Waals surface area (Å²) in [7, 11) is 1.65. The maximum atomic E-state index is 12.8. The number of rotatable bonds is 3. The minimum Gasteiger partial charge on any atom is -0.495 e. The Morgan fingerprint density at radius 1 is 1.17 bits per heavy atom. The largest absolute Gasteiger partial charge is 0.495 e. The van der Waals surface area contributed by atoms with E-state index in [4.69, 9.17) is 9.47 Å². The van der Waals surface area contributed by atoms with Gasteiger partial charge in [-0.3, -0.25) is 4.90 Å². The van der Waals surface area contributed by atoms with E-state index < -0.39 is 0 Å². The molecule has 0 bridgehead atoms. The van der Waals surface area contributed by atoms with Gasteiger partial charge in [0.05, 0.1) is 19.2 Å². The molecule has 7 nitrogen and oxygen atoms in total. The van der Waals surface area contributed by atoms with Gasteiger partial charge in [-0.15, -0.1) is 0 Å². The number of para-hydroxylation sites is 2.